The first-order valence-electron chi connectivity index (χ1n) is 30.0. The van der Waals surface area contributed by atoms with Crippen LogP contribution in [0.1, 0.15) is 26.3 Å². The van der Waals surface area contributed by atoms with E-state index < -0.39 is 0 Å². The van der Waals surface area contributed by atoms with Crippen LogP contribution >= 0.6 is 0 Å². The van der Waals surface area contributed by atoms with Crippen LogP contribution in [0.3, 0.4) is 0 Å². The Morgan fingerprint density at radius 3 is 0.854 bits per heavy atom. The fourth-order valence-electron chi connectivity index (χ4n) is 12.7. The first kappa shape index (κ1) is 57.0. The molecule has 13 aromatic carbocycles. The number of fused-ring (bicyclic) bond motifs is 4. The van der Waals surface area contributed by atoms with Gasteiger partial charge in [0.05, 0.1) is 28.4 Å². The highest BCUT2D eigenvalue weighted by atomic mass is 16.5. The highest BCUT2D eigenvalue weighted by Gasteiger charge is 2.24. The second-order valence-electron chi connectivity index (χ2n) is 22.7. The fraction of sp³-hybridized carbons (Fsp3) is 0.0843. The molecule has 0 aliphatic heterocycles. The molecule has 0 bridgehead atoms. The normalized spacial score (nSPS) is 11.4. The topological polar surface area (TPSA) is 43.4 Å². The molecule has 0 amide bonds. The average Bonchev–Trinajstić information content (AvgIpc) is 0.742. The van der Waals surface area contributed by atoms with E-state index in [0.717, 1.165) is 90.5 Å². The zero-order valence-corrected chi connectivity index (χ0v) is 51.2. The van der Waals surface area contributed by atoms with E-state index in [-0.39, 0.29) is 0 Å². The molecule has 0 saturated heterocycles. The Balaban J connectivity index is 0.986. The van der Waals surface area contributed by atoms with Crippen molar-refractivity contribution in [2.45, 2.75) is 20.8 Å². The summed E-state index contributed by atoms with van der Waals surface area (Å²) in [6.07, 6.45) is 4.40. The van der Waals surface area contributed by atoms with Gasteiger partial charge in [-0.2, -0.15) is 0 Å². The number of methoxy groups -OCH3 is 4. The van der Waals surface area contributed by atoms with Crippen LogP contribution in [-0.2, 0) is 0 Å². The Bertz CT molecular complexity index is 4500. The predicted octanol–water partition coefficient (Wildman–Crippen LogP) is 22.9. The van der Waals surface area contributed by atoms with Gasteiger partial charge in [-0.3, -0.25) is 0 Å². The quantitative estimate of drug-likeness (QED) is 0.0669. The van der Waals surface area contributed by atoms with Crippen molar-refractivity contribution in [2.24, 2.45) is 0 Å². The second-order valence-corrected chi connectivity index (χ2v) is 22.7. The SMILES string of the molecule is C=C(C)C=C(C=C(C)C)c1ccc(-c2c3ccccc3c(-c3c4ccccc4c(-c4ccc(-c5cc(N(c6ccc(OC)cc6)c6ccc(OC)cc6)cc(N(c6ccc(OC)cc6)c6ccc(OC)cc6)c5)cc4)c4ccccc34)c3ccccc23)cc1. The van der Waals surface area contributed by atoms with Gasteiger partial charge >= 0.3 is 0 Å². The summed E-state index contributed by atoms with van der Waals surface area (Å²) in [4.78, 5) is 4.56. The summed E-state index contributed by atoms with van der Waals surface area (Å²) in [5.41, 5.74) is 19.6. The minimum atomic E-state index is 0.772. The molecule has 0 aliphatic carbocycles. The molecule has 6 heteroatoms. The van der Waals surface area contributed by atoms with Crippen LogP contribution in [-0.4, -0.2) is 28.4 Å². The van der Waals surface area contributed by atoms with Crippen molar-refractivity contribution in [2.75, 3.05) is 38.2 Å². The zero-order chi connectivity index (χ0) is 61.1. The molecular formula is C83H68N2O4. The lowest BCUT2D eigenvalue weighted by molar-refractivity contribution is 0.414. The van der Waals surface area contributed by atoms with Crippen LogP contribution in [0.15, 0.2) is 291 Å². The Kier molecular flexibility index (Phi) is 15.8. The highest BCUT2D eigenvalue weighted by molar-refractivity contribution is 6.30. The number of ether oxygens (including phenoxy) is 4. The van der Waals surface area contributed by atoms with Crippen molar-refractivity contribution in [1.82, 2.24) is 0 Å². The van der Waals surface area contributed by atoms with E-state index in [1.165, 1.54) is 76.5 Å². The molecule has 13 aromatic rings. The van der Waals surface area contributed by atoms with Crippen LogP contribution in [0, 0.1) is 0 Å². The summed E-state index contributed by atoms with van der Waals surface area (Å²) in [6.45, 7) is 10.5. The molecule has 0 aliphatic rings. The Hall–Kier alpha value is -11.1. The summed E-state index contributed by atoms with van der Waals surface area (Å²) < 4.78 is 22.7. The summed E-state index contributed by atoms with van der Waals surface area (Å²) in [7, 11) is 6.78. The van der Waals surface area contributed by atoms with E-state index in [0.29, 0.717) is 0 Å². The van der Waals surface area contributed by atoms with E-state index >= 15 is 0 Å². The van der Waals surface area contributed by atoms with Gasteiger partial charge in [-0.25, -0.2) is 0 Å². The number of nitrogens with zero attached hydrogens (tertiary/aromatic N) is 2. The lowest BCUT2D eigenvalue weighted by Gasteiger charge is -2.30. The maximum absolute atomic E-state index is 5.67. The molecule has 6 nitrogen and oxygen atoms in total. The standard InChI is InChI=1S/C83H68N2O4/c1-54(2)49-60(50-55(3)4)56-25-29-58(30-26-56)80-72-17-9-13-21-76(72)82(77-22-14-10-18-73(77)80)83-78-23-15-11-19-74(78)81(75-20-12-16-24-79(75)83)59-31-27-57(28-32-59)61-51-66(84(62-33-41-68(86-5)42-34-62)63-35-43-69(87-6)44-36-63)53-67(52-61)85(64-37-45-70(88-7)46-38-64)65-39-47-71(89-8)48-40-65/h9-53H,1H2,2-8H3. The first-order valence-corrected chi connectivity index (χ1v) is 30.0. The molecule has 0 spiro atoms. The number of allylic oxidation sites excluding steroid dienone is 5. The van der Waals surface area contributed by atoms with Gasteiger partial charge in [0, 0.05) is 34.1 Å². The molecule has 434 valence electrons. The molecule has 89 heavy (non-hydrogen) atoms. The van der Waals surface area contributed by atoms with E-state index in [1.807, 2.05) is 55.5 Å². The minimum absolute atomic E-state index is 0.772. The summed E-state index contributed by atoms with van der Waals surface area (Å²) in [5.74, 6) is 3.09. The van der Waals surface area contributed by atoms with Crippen LogP contribution in [0.5, 0.6) is 23.0 Å². The van der Waals surface area contributed by atoms with Gasteiger partial charge in [0.2, 0.25) is 0 Å². The molecule has 0 radical (unpaired) electrons. The van der Waals surface area contributed by atoms with Gasteiger partial charge in [-0.05, 0) is 235 Å². The zero-order valence-electron chi connectivity index (χ0n) is 51.2. The average molecular weight is 1160 g/mol. The molecule has 0 heterocycles. The van der Waals surface area contributed by atoms with Crippen molar-refractivity contribution < 1.29 is 18.9 Å². The maximum atomic E-state index is 5.67. The molecule has 13 rings (SSSR count). The lowest BCUT2D eigenvalue weighted by atomic mass is 9.81. The monoisotopic (exact) mass is 1160 g/mol. The molecule has 0 fully saturated rings. The molecule has 0 N–H and O–H groups in total. The minimum Gasteiger partial charge on any atom is -0.497 e. The summed E-state index contributed by atoms with van der Waals surface area (Å²) in [6, 6.07) is 93.8. The van der Waals surface area contributed by atoms with E-state index in [1.54, 1.807) is 28.4 Å². The third-order valence-electron chi connectivity index (χ3n) is 16.7. The summed E-state index contributed by atoms with van der Waals surface area (Å²) >= 11 is 0. The number of rotatable bonds is 17. The van der Waals surface area contributed by atoms with Gasteiger partial charge in [0.25, 0.3) is 0 Å². The van der Waals surface area contributed by atoms with Gasteiger partial charge in [-0.1, -0.05) is 175 Å². The molecule has 0 aromatic heterocycles. The van der Waals surface area contributed by atoms with Crippen molar-refractivity contribution in [3.8, 4) is 67.5 Å². The number of anilines is 6. The van der Waals surface area contributed by atoms with Gasteiger partial charge in [0.1, 0.15) is 23.0 Å². The highest BCUT2D eigenvalue weighted by Crippen LogP contribution is 2.51. The first-order chi connectivity index (χ1) is 43.6. The Morgan fingerprint density at radius 1 is 0.292 bits per heavy atom. The fourth-order valence-corrected chi connectivity index (χ4v) is 12.7. The van der Waals surface area contributed by atoms with Crippen molar-refractivity contribution >= 4 is 82.8 Å². The number of hydrogen-bond donors (Lipinski definition) is 0. The number of benzene rings is 13. The maximum Gasteiger partial charge on any atom is 0.119 e. The molecule has 0 saturated carbocycles. The van der Waals surface area contributed by atoms with Crippen LogP contribution < -0.4 is 28.7 Å². The van der Waals surface area contributed by atoms with Crippen molar-refractivity contribution in [1.29, 1.82) is 0 Å². The van der Waals surface area contributed by atoms with E-state index in [4.69, 9.17) is 18.9 Å². The smallest absolute Gasteiger partial charge is 0.119 e. The molecular weight excluding hydrogens is 1090 g/mol. The van der Waals surface area contributed by atoms with Gasteiger partial charge < -0.3 is 28.7 Å². The Labute approximate surface area is 521 Å². The third-order valence-corrected chi connectivity index (χ3v) is 16.7. The van der Waals surface area contributed by atoms with Gasteiger partial charge in [0.15, 0.2) is 0 Å². The molecule has 0 atom stereocenters. The second kappa shape index (κ2) is 24.7. The summed E-state index contributed by atoms with van der Waals surface area (Å²) in [5, 5.41) is 9.60. The van der Waals surface area contributed by atoms with Crippen LogP contribution in [0.4, 0.5) is 34.1 Å². The Morgan fingerprint density at radius 2 is 0.573 bits per heavy atom. The van der Waals surface area contributed by atoms with E-state index in [9.17, 15) is 0 Å². The lowest BCUT2D eigenvalue weighted by Crippen LogP contribution is -2.13. The van der Waals surface area contributed by atoms with Crippen LogP contribution in [0.2, 0.25) is 0 Å². The third kappa shape index (κ3) is 11.1. The van der Waals surface area contributed by atoms with Crippen molar-refractivity contribution in [3.05, 3.63) is 296 Å². The largest absolute Gasteiger partial charge is 0.497 e. The van der Waals surface area contributed by atoms with Gasteiger partial charge in [-0.15, -0.1) is 0 Å². The van der Waals surface area contributed by atoms with E-state index in [2.05, 4.69) is 255 Å². The van der Waals surface area contributed by atoms with Crippen LogP contribution in [0.25, 0.3) is 93.2 Å². The predicted molar refractivity (Wildman–Crippen MR) is 376 cm³/mol. The number of hydrogen-bond acceptors (Lipinski definition) is 6. The molecule has 0 unspecified atom stereocenters. The van der Waals surface area contributed by atoms with Crippen molar-refractivity contribution in [3.63, 3.8) is 0 Å².